The van der Waals surface area contributed by atoms with Crippen LogP contribution in [0.2, 0.25) is 0 Å². The van der Waals surface area contributed by atoms with Crippen LogP contribution in [0.25, 0.3) is 0 Å². The highest BCUT2D eigenvalue weighted by molar-refractivity contribution is 7.98. The Labute approximate surface area is 121 Å². The molecule has 2 rings (SSSR count). The number of rotatable bonds is 5. The Kier molecular flexibility index (Phi) is 4.91. The molecule has 4 N–H and O–H groups in total. The minimum absolute atomic E-state index is 0.0757. The number of hydrogen-bond donors (Lipinski definition) is 3. The lowest BCUT2D eigenvalue weighted by Crippen LogP contribution is -2.10. The summed E-state index contributed by atoms with van der Waals surface area (Å²) in [5, 5.41) is 2.73. The molecule has 0 aliphatic heterocycles. The number of amides is 1. The summed E-state index contributed by atoms with van der Waals surface area (Å²) < 4.78 is 0. The molecule has 6 nitrogen and oxygen atoms in total. The lowest BCUT2D eigenvalue weighted by atomic mass is 10.3. The third-order valence-corrected chi connectivity index (χ3v) is 3.45. The van der Waals surface area contributed by atoms with Gasteiger partial charge in [0.2, 0.25) is 11.9 Å². The van der Waals surface area contributed by atoms with Crippen molar-refractivity contribution in [3.63, 3.8) is 0 Å². The smallest absolute Gasteiger partial charge is 0.237 e. The molecule has 0 radical (unpaired) electrons. The molecule has 0 saturated heterocycles. The second kappa shape index (κ2) is 6.88. The largest absolute Gasteiger partial charge is 0.326 e. The van der Waals surface area contributed by atoms with Gasteiger partial charge in [-0.25, -0.2) is 15.8 Å². The number of hydrazine groups is 1. The highest BCUT2D eigenvalue weighted by Crippen LogP contribution is 2.23. The van der Waals surface area contributed by atoms with E-state index in [4.69, 9.17) is 5.84 Å². The van der Waals surface area contributed by atoms with Gasteiger partial charge in [0.15, 0.2) is 0 Å². The zero-order valence-corrected chi connectivity index (χ0v) is 11.8. The quantitative estimate of drug-likeness (QED) is 0.443. The number of thioether (sulfide) groups is 1. The molecule has 0 fully saturated rings. The topological polar surface area (TPSA) is 92.9 Å². The molecule has 20 heavy (non-hydrogen) atoms. The van der Waals surface area contributed by atoms with Crippen molar-refractivity contribution < 1.29 is 4.79 Å². The minimum atomic E-state index is -0.0757. The van der Waals surface area contributed by atoms with Gasteiger partial charge in [-0.05, 0) is 30.3 Å². The van der Waals surface area contributed by atoms with Crippen molar-refractivity contribution in [3.8, 4) is 0 Å². The maximum Gasteiger partial charge on any atom is 0.237 e. The number of nitrogens with one attached hydrogen (secondary N) is 2. The van der Waals surface area contributed by atoms with E-state index in [9.17, 15) is 4.79 Å². The lowest BCUT2D eigenvalue weighted by Gasteiger charge is -2.05. The number of nitrogens with two attached hydrogens (primary N) is 1. The summed E-state index contributed by atoms with van der Waals surface area (Å²) in [6, 6.07) is 9.51. The van der Waals surface area contributed by atoms with E-state index in [1.54, 1.807) is 18.0 Å². The van der Waals surface area contributed by atoms with Crippen LogP contribution in [0.1, 0.15) is 12.6 Å². The van der Waals surface area contributed by atoms with Crippen molar-refractivity contribution in [2.75, 3.05) is 10.7 Å². The molecule has 1 amide bonds. The maximum atomic E-state index is 10.9. The predicted octanol–water partition coefficient (Wildman–Crippen LogP) is 2.01. The third kappa shape index (κ3) is 4.22. The van der Waals surface area contributed by atoms with Crippen LogP contribution in [0.3, 0.4) is 0 Å². The van der Waals surface area contributed by atoms with Gasteiger partial charge in [-0.2, -0.15) is 0 Å². The number of aromatic nitrogens is 2. The molecule has 0 aliphatic carbocycles. The molecular weight excluding hydrogens is 274 g/mol. The summed E-state index contributed by atoms with van der Waals surface area (Å²) in [6.07, 6.45) is 1.66. The Balaban J connectivity index is 1.94. The number of nitrogens with zero attached hydrogens (tertiary/aromatic N) is 2. The van der Waals surface area contributed by atoms with Gasteiger partial charge in [-0.3, -0.25) is 10.2 Å². The molecule has 0 aliphatic rings. The molecule has 7 heteroatoms. The van der Waals surface area contributed by atoms with E-state index >= 15 is 0 Å². The Morgan fingerprint density at radius 2 is 2.05 bits per heavy atom. The van der Waals surface area contributed by atoms with Crippen LogP contribution in [-0.2, 0) is 10.5 Å². The van der Waals surface area contributed by atoms with Gasteiger partial charge in [0.1, 0.15) is 0 Å². The molecule has 1 aromatic heterocycles. The molecule has 0 unspecified atom stereocenters. The van der Waals surface area contributed by atoms with E-state index in [1.165, 1.54) is 6.92 Å². The van der Waals surface area contributed by atoms with Gasteiger partial charge in [0.25, 0.3) is 0 Å². The van der Waals surface area contributed by atoms with Gasteiger partial charge in [0, 0.05) is 29.5 Å². The average molecular weight is 289 g/mol. The molecule has 0 bridgehead atoms. The highest BCUT2D eigenvalue weighted by atomic mass is 32.2. The number of carbonyl (C=O) groups excluding carboxylic acids is 1. The molecule has 0 atom stereocenters. The van der Waals surface area contributed by atoms with Crippen molar-refractivity contribution in [1.29, 1.82) is 0 Å². The van der Waals surface area contributed by atoms with E-state index in [-0.39, 0.29) is 5.91 Å². The summed E-state index contributed by atoms with van der Waals surface area (Å²) in [5.41, 5.74) is 4.10. The Morgan fingerprint density at radius 1 is 1.30 bits per heavy atom. The SMILES string of the molecule is CC(=O)Nc1ccc(SCc2ccnc(NN)n2)cc1. The lowest BCUT2D eigenvalue weighted by molar-refractivity contribution is -0.114. The number of hydrogen-bond acceptors (Lipinski definition) is 6. The Hall–Kier alpha value is -2.12. The molecule has 0 spiro atoms. The first-order valence-corrected chi connectivity index (χ1v) is 6.95. The van der Waals surface area contributed by atoms with Gasteiger partial charge in [0.05, 0.1) is 5.69 Å². The molecule has 104 valence electrons. The van der Waals surface area contributed by atoms with Crippen molar-refractivity contribution in [2.45, 2.75) is 17.6 Å². The van der Waals surface area contributed by atoms with Gasteiger partial charge in [-0.15, -0.1) is 11.8 Å². The fourth-order valence-corrected chi connectivity index (χ4v) is 2.34. The van der Waals surface area contributed by atoms with Crippen LogP contribution < -0.4 is 16.6 Å². The maximum absolute atomic E-state index is 10.9. The van der Waals surface area contributed by atoms with Crippen LogP contribution in [0.4, 0.5) is 11.6 Å². The zero-order chi connectivity index (χ0) is 14.4. The third-order valence-electron chi connectivity index (χ3n) is 2.40. The van der Waals surface area contributed by atoms with Crippen LogP contribution >= 0.6 is 11.8 Å². The number of carbonyl (C=O) groups is 1. The molecular formula is C13H15N5OS. The van der Waals surface area contributed by atoms with Crippen molar-refractivity contribution >= 4 is 29.3 Å². The standard InChI is InChI=1S/C13H15N5OS/c1-9(19)16-10-2-4-12(5-3-10)20-8-11-6-7-15-13(17-11)18-14/h2-7H,8,14H2,1H3,(H,16,19)(H,15,17,18). The second-order valence-corrected chi connectivity index (χ2v) is 5.06. The van der Waals surface area contributed by atoms with Crippen LogP contribution in [0, 0.1) is 0 Å². The van der Waals surface area contributed by atoms with Gasteiger partial charge < -0.3 is 5.32 Å². The first-order valence-electron chi connectivity index (χ1n) is 5.96. The monoisotopic (exact) mass is 289 g/mol. The average Bonchev–Trinajstić information content (AvgIpc) is 2.46. The number of anilines is 2. The molecule has 1 heterocycles. The van der Waals surface area contributed by atoms with Crippen LogP contribution in [0.5, 0.6) is 0 Å². The van der Waals surface area contributed by atoms with E-state index < -0.39 is 0 Å². The Bertz CT molecular complexity index is 588. The summed E-state index contributed by atoms with van der Waals surface area (Å²) in [7, 11) is 0. The second-order valence-electron chi connectivity index (χ2n) is 4.01. The first kappa shape index (κ1) is 14.3. The summed E-state index contributed by atoms with van der Waals surface area (Å²) in [4.78, 5) is 20.2. The fourth-order valence-electron chi connectivity index (χ4n) is 1.54. The van der Waals surface area contributed by atoms with E-state index in [2.05, 4.69) is 20.7 Å². The zero-order valence-electron chi connectivity index (χ0n) is 11.0. The van der Waals surface area contributed by atoms with E-state index in [1.807, 2.05) is 30.3 Å². The molecule has 0 saturated carbocycles. The molecule has 2 aromatic rings. The van der Waals surface area contributed by atoms with Crippen molar-refractivity contribution in [3.05, 3.63) is 42.2 Å². The normalized spacial score (nSPS) is 10.1. The summed E-state index contributed by atoms with van der Waals surface area (Å²) in [5.74, 6) is 6.32. The van der Waals surface area contributed by atoms with Crippen LogP contribution in [-0.4, -0.2) is 15.9 Å². The van der Waals surface area contributed by atoms with Gasteiger partial charge in [-0.1, -0.05) is 0 Å². The van der Waals surface area contributed by atoms with E-state index in [0.717, 1.165) is 22.0 Å². The van der Waals surface area contributed by atoms with Crippen LogP contribution in [0.15, 0.2) is 41.4 Å². The molecule has 1 aromatic carbocycles. The van der Waals surface area contributed by atoms with E-state index in [0.29, 0.717) is 5.95 Å². The highest BCUT2D eigenvalue weighted by Gasteiger charge is 2.01. The van der Waals surface area contributed by atoms with Crippen molar-refractivity contribution in [1.82, 2.24) is 9.97 Å². The van der Waals surface area contributed by atoms with Crippen molar-refractivity contribution in [2.24, 2.45) is 5.84 Å². The van der Waals surface area contributed by atoms with Gasteiger partial charge >= 0.3 is 0 Å². The summed E-state index contributed by atoms with van der Waals surface area (Å²) >= 11 is 1.65. The first-order chi connectivity index (χ1) is 9.67. The Morgan fingerprint density at radius 3 is 2.70 bits per heavy atom. The fraction of sp³-hybridized carbons (Fsp3) is 0.154. The summed E-state index contributed by atoms with van der Waals surface area (Å²) in [6.45, 7) is 1.49. The number of benzene rings is 1. The minimum Gasteiger partial charge on any atom is -0.326 e. The predicted molar refractivity (Wildman–Crippen MR) is 80.1 cm³/mol. The number of nitrogen functional groups attached to an aromatic ring is 1.